The maximum atomic E-state index is 12.7. The maximum Gasteiger partial charge on any atom is 0.259 e. The molecular weight excluding hydrogens is 371 g/mol. The minimum Gasteiger partial charge on any atom is -0.382 e. The molecule has 123 valence electrons. The zero-order valence-electron chi connectivity index (χ0n) is 12.2. The zero-order valence-corrected chi connectivity index (χ0v) is 14.5. The van der Waals surface area contributed by atoms with Crippen molar-refractivity contribution in [3.05, 3.63) is 40.5 Å². The van der Waals surface area contributed by atoms with Crippen molar-refractivity contribution in [3.8, 4) is 0 Å². The number of halogens is 2. The second kappa shape index (κ2) is 6.84. The van der Waals surface area contributed by atoms with Gasteiger partial charge in [-0.15, -0.1) is 0 Å². The van der Waals surface area contributed by atoms with Crippen LogP contribution in [0, 0.1) is 0 Å². The summed E-state index contributed by atoms with van der Waals surface area (Å²) < 4.78 is 1.77. The summed E-state index contributed by atoms with van der Waals surface area (Å²) in [5.74, 6) is 0.273. The van der Waals surface area contributed by atoms with Crippen LogP contribution in [0.15, 0.2) is 24.9 Å². The van der Waals surface area contributed by atoms with Crippen LogP contribution in [0.1, 0.15) is 10.4 Å². The molecule has 0 unspecified atom stereocenters. The Hall–Kier alpha value is -2.03. The first-order chi connectivity index (χ1) is 11.5. The van der Waals surface area contributed by atoms with Crippen LogP contribution in [0.2, 0.25) is 10.0 Å². The van der Waals surface area contributed by atoms with Crippen molar-refractivity contribution in [2.45, 2.75) is 6.54 Å². The molecule has 0 aliphatic rings. The number of nitrogens with two attached hydrogens (primary N) is 1. The molecule has 10 heteroatoms. The van der Waals surface area contributed by atoms with E-state index in [9.17, 15) is 4.79 Å². The molecule has 3 rings (SSSR count). The molecule has 0 atom stereocenters. The highest BCUT2D eigenvalue weighted by atomic mass is 35.5. The number of nitrogens with one attached hydrogen (secondary N) is 1. The van der Waals surface area contributed by atoms with E-state index in [4.69, 9.17) is 41.6 Å². The summed E-state index contributed by atoms with van der Waals surface area (Å²) in [4.78, 5) is 24.8. The van der Waals surface area contributed by atoms with Gasteiger partial charge in [0.2, 0.25) is 0 Å². The molecule has 7 nitrogen and oxygen atoms in total. The Balaban J connectivity index is 2.07. The van der Waals surface area contributed by atoms with Crippen LogP contribution in [0.4, 0.5) is 11.5 Å². The Bertz CT molecular complexity index is 909. The summed E-state index contributed by atoms with van der Waals surface area (Å²) in [6.07, 6.45) is 5.75. The molecule has 3 aromatic rings. The second-order valence-corrected chi connectivity index (χ2v) is 6.05. The third-order valence-corrected chi connectivity index (χ3v) is 4.09. The first kappa shape index (κ1) is 16.8. The van der Waals surface area contributed by atoms with Crippen molar-refractivity contribution in [2.24, 2.45) is 0 Å². The molecule has 0 aliphatic carbocycles. The predicted molar refractivity (Wildman–Crippen MR) is 96.6 cm³/mol. The summed E-state index contributed by atoms with van der Waals surface area (Å²) in [6, 6.07) is 0. The van der Waals surface area contributed by atoms with Gasteiger partial charge in [0, 0.05) is 30.9 Å². The third kappa shape index (κ3) is 3.00. The van der Waals surface area contributed by atoms with E-state index < -0.39 is 5.91 Å². The molecular formula is C14H11Cl2N6OS. The molecule has 0 fully saturated rings. The van der Waals surface area contributed by atoms with Gasteiger partial charge in [0.1, 0.15) is 5.52 Å². The molecule has 1 amide bonds. The van der Waals surface area contributed by atoms with Crippen molar-refractivity contribution in [2.75, 3.05) is 16.8 Å². The van der Waals surface area contributed by atoms with Crippen LogP contribution >= 0.6 is 35.8 Å². The Labute approximate surface area is 152 Å². The van der Waals surface area contributed by atoms with Gasteiger partial charge in [0.05, 0.1) is 33.1 Å². The lowest BCUT2D eigenvalue weighted by molar-refractivity contribution is 0.102. The number of anilines is 2. The van der Waals surface area contributed by atoms with Crippen molar-refractivity contribution >= 4 is 64.3 Å². The molecule has 24 heavy (non-hydrogen) atoms. The number of aromatic nitrogens is 4. The topological polar surface area (TPSA) is 98.7 Å². The van der Waals surface area contributed by atoms with Gasteiger partial charge in [-0.3, -0.25) is 9.78 Å². The standard InChI is InChI=1S/C14H11Cl2N6OS/c15-8-4-18-5-9(16)10(8)21-14(23)7-3-19-13(17)11-12(7)22(1-2-24)6-20-11/h3-6H,1-2H2,(H2,17,19)(H,18,21,23). The molecule has 0 bridgehead atoms. The van der Waals surface area contributed by atoms with E-state index in [2.05, 4.69) is 20.3 Å². The minimum atomic E-state index is -0.436. The SMILES string of the molecule is Nc1ncc(C(=O)Nc2c(Cl)cncc2Cl)c2c1ncn2CC[S]. The number of pyridine rings is 2. The molecule has 3 heterocycles. The van der Waals surface area contributed by atoms with Crippen molar-refractivity contribution < 1.29 is 4.79 Å². The predicted octanol–water partition coefficient (Wildman–Crippen LogP) is 3.17. The Morgan fingerprint density at radius 3 is 2.62 bits per heavy atom. The van der Waals surface area contributed by atoms with Crippen LogP contribution in [0.25, 0.3) is 11.0 Å². The quantitative estimate of drug-likeness (QED) is 0.722. The van der Waals surface area contributed by atoms with Crippen LogP contribution in [-0.4, -0.2) is 31.2 Å². The summed E-state index contributed by atoms with van der Waals surface area (Å²) in [5.41, 5.74) is 7.42. The number of carbonyl (C=O) groups is 1. The van der Waals surface area contributed by atoms with E-state index in [0.717, 1.165) is 0 Å². The smallest absolute Gasteiger partial charge is 0.259 e. The van der Waals surface area contributed by atoms with Gasteiger partial charge in [0.15, 0.2) is 5.82 Å². The van der Waals surface area contributed by atoms with Crippen LogP contribution < -0.4 is 11.1 Å². The molecule has 1 radical (unpaired) electrons. The van der Waals surface area contributed by atoms with Gasteiger partial charge in [0.25, 0.3) is 5.91 Å². The number of hydrogen-bond acceptors (Lipinski definition) is 5. The zero-order chi connectivity index (χ0) is 17.3. The first-order valence-corrected chi connectivity index (χ1v) is 8.14. The molecule has 3 N–H and O–H groups in total. The Morgan fingerprint density at radius 1 is 1.25 bits per heavy atom. The number of rotatable bonds is 4. The molecule has 0 saturated carbocycles. The molecule has 0 saturated heterocycles. The number of amides is 1. The number of carbonyl (C=O) groups excluding carboxylic acids is 1. The summed E-state index contributed by atoms with van der Waals surface area (Å²) in [7, 11) is 0. The third-order valence-electron chi connectivity index (χ3n) is 3.34. The fraction of sp³-hybridized carbons (Fsp3) is 0.143. The summed E-state index contributed by atoms with van der Waals surface area (Å²) >= 11 is 17.1. The van der Waals surface area contributed by atoms with Gasteiger partial charge >= 0.3 is 0 Å². The van der Waals surface area contributed by atoms with Crippen molar-refractivity contribution in [1.29, 1.82) is 0 Å². The van der Waals surface area contributed by atoms with E-state index >= 15 is 0 Å². The minimum absolute atomic E-state index is 0.231. The average molecular weight is 382 g/mol. The van der Waals surface area contributed by atoms with E-state index in [1.165, 1.54) is 18.6 Å². The van der Waals surface area contributed by atoms with Crippen molar-refractivity contribution in [1.82, 2.24) is 19.5 Å². The lowest BCUT2D eigenvalue weighted by Gasteiger charge is -2.11. The van der Waals surface area contributed by atoms with Gasteiger partial charge < -0.3 is 15.6 Å². The van der Waals surface area contributed by atoms with E-state index in [1.807, 2.05) is 0 Å². The highest BCUT2D eigenvalue weighted by molar-refractivity contribution is 7.80. The first-order valence-electron chi connectivity index (χ1n) is 6.80. The largest absolute Gasteiger partial charge is 0.382 e. The number of fused-ring (bicyclic) bond motifs is 1. The summed E-state index contributed by atoms with van der Waals surface area (Å²) in [6.45, 7) is 0.520. The Kier molecular flexibility index (Phi) is 4.79. The number of imidazole rings is 1. The molecule has 3 aromatic heterocycles. The normalized spacial score (nSPS) is 11.0. The molecule has 0 aromatic carbocycles. The lowest BCUT2D eigenvalue weighted by atomic mass is 10.2. The average Bonchev–Trinajstić information content (AvgIpc) is 2.97. The van der Waals surface area contributed by atoms with E-state index in [-0.39, 0.29) is 21.6 Å². The fourth-order valence-corrected chi connectivity index (χ4v) is 2.91. The number of nitrogens with zero attached hydrogens (tertiary/aromatic N) is 4. The van der Waals surface area contributed by atoms with Crippen molar-refractivity contribution in [3.63, 3.8) is 0 Å². The molecule has 0 spiro atoms. The maximum absolute atomic E-state index is 12.7. The van der Waals surface area contributed by atoms with E-state index in [1.54, 1.807) is 10.9 Å². The summed E-state index contributed by atoms with van der Waals surface area (Å²) in [5, 5.41) is 3.14. The number of aryl methyl sites for hydroxylation is 1. The van der Waals surface area contributed by atoms with Gasteiger partial charge in [-0.25, -0.2) is 9.97 Å². The van der Waals surface area contributed by atoms with Gasteiger partial charge in [-0.05, 0) is 0 Å². The monoisotopic (exact) mass is 381 g/mol. The lowest BCUT2D eigenvalue weighted by Crippen LogP contribution is -2.15. The van der Waals surface area contributed by atoms with Gasteiger partial charge in [-0.1, -0.05) is 35.8 Å². The Morgan fingerprint density at radius 2 is 1.96 bits per heavy atom. The van der Waals surface area contributed by atoms with Crippen LogP contribution in [0.5, 0.6) is 0 Å². The highest BCUT2D eigenvalue weighted by Crippen LogP contribution is 2.30. The highest BCUT2D eigenvalue weighted by Gasteiger charge is 2.19. The number of hydrogen-bond donors (Lipinski definition) is 2. The fourth-order valence-electron chi connectivity index (χ4n) is 2.25. The van der Waals surface area contributed by atoms with Gasteiger partial charge in [-0.2, -0.15) is 0 Å². The molecule has 0 aliphatic heterocycles. The van der Waals surface area contributed by atoms with Crippen LogP contribution in [-0.2, 0) is 6.54 Å². The number of nitrogen functional groups attached to an aromatic ring is 1. The van der Waals surface area contributed by atoms with Crippen LogP contribution in [0.3, 0.4) is 0 Å². The second-order valence-electron chi connectivity index (χ2n) is 4.83. The van der Waals surface area contributed by atoms with E-state index in [0.29, 0.717) is 28.9 Å².